The summed E-state index contributed by atoms with van der Waals surface area (Å²) in [5.74, 6) is -0.245. The molecule has 0 saturated heterocycles. The standard InChI is InChI=1S/C18H13ClFN5O2S/c19-14-9-11(25-28(26,27)12-4-1-10(20)2-5-12)3-6-13(14)15-7-8-16-17(22-15)18(21)24-23-16/h1-9,25H,(H3,21,23,24). The molecule has 0 aliphatic carbocycles. The number of halogens is 2. The summed E-state index contributed by atoms with van der Waals surface area (Å²) < 4.78 is 40.3. The van der Waals surface area contributed by atoms with Gasteiger partial charge in [-0.3, -0.25) is 9.82 Å². The maximum absolute atomic E-state index is 13.0. The Morgan fingerprint density at radius 1 is 1.07 bits per heavy atom. The number of nitrogens with one attached hydrogen (secondary N) is 2. The highest BCUT2D eigenvalue weighted by Crippen LogP contribution is 2.31. The molecule has 4 aromatic rings. The fourth-order valence-corrected chi connectivity index (χ4v) is 4.01. The number of benzene rings is 2. The van der Waals surface area contributed by atoms with E-state index in [0.29, 0.717) is 27.3 Å². The van der Waals surface area contributed by atoms with Crippen molar-refractivity contribution in [2.45, 2.75) is 4.90 Å². The molecular formula is C18H13ClFN5O2S. The van der Waals surface area contributed by atoms with Crippen LogP contribution in [0.3, 0.4) is 0 Å². The number of nitrogens with two attached hydrogens (primary N) is 1. The van der Waals surface area contributed by atoms with Gasteiger partial charge >= 0.3 is 0 Å². The Kier molecular flexibility index (Phi) is 4.40. The first-order valence-corrected chi connectivity index (χ1v) is 9.88. The number of pyridine rings is 1. The van der Waals surface area contributed by atoms with Crippen molar-refractivity contribution in [1.29, 1.82) is 0 Å². The zero-order valence-corrected chi connectivity index (χ0v) is 15.7. The molecule has 0 atom stereocenters. The first-order chi connectivity index (χ1) is 13.3. The number of sulfonamides is 1. The van der Waals surface area contributed by atoms with Crippen molar-refractivity contribution in [3.8, 4) is 11.3 Å². The van der Waals surface area contributed by atoms with Gasteiger partial charge in [-0.25, -0.2) is 17.8 Å². The summed E-state index contributed by atoms with van der Waals surface area (Å²) in [4.78, 5) is 4.39. The third-order valence-electron chi connectivity index (χ3n) is 4.06. The Hall–Kier alpha value is -3.17. The monoisotopic (exact) mass is 417 g/mol. The molecule has 0 amide bonds. The van der Waals surface area contributed by atoms with Crippen LogP contribution >= 0.6 is 11.6 Å². The molecule has 0 fully saturated rings. The van der Waals surface area contributed by atoms with E-state index in [9.17, 15) is 12.8 Å². The lowest BCUT2D eigenvalue weighted by Crippen LogP contribution is -2.12. The average molecular weight is 418 g/mol. The van der Waals surface area contributed by atoms with Gasteiger partial charge in [-0.05, 0) is 54.6 Å². The van der Waals surface area contributed by atoms with E-state index in [1.165, 1.54) is 18.2 Å². The molecule has 0 radical (unpaired) electrons. The molecular weight excluding hydrogens is 405 g/mol. The normalized spacial score (nSPS) is 11.6. The molecule has 7 nitrogen and oxygen atoms in total. The summed E-state index contributed by atoms with van der Waals surface area (Å²) in [5.41, 5.74) is 8.44. The van der Waals surface area contributed by atoms with E-state index >= 15 is 0 Å². The minimum Gasteiger partial charge on any atom is -0.380 e. The van der Waals surface area contributed by atoms with Gasteiger partial charge in [0.2, 0.25) is 0 Å². The summed E-state index contributed by atoms with van der Waals surface area (Å²) in [6, 6.07) is 12.7. The first-order valence-electron chi connectivity index (χ1n) is 8.02. The maximum atomic E-state index is 13.0. The molecule has 2 aromatic carbocycles. The zero-order chi connectivity index (χ0) is 19.9. The van der Waals surface area contributed by atoms with Gasteiger partial charge < -0.3 is 5.73 Å². The van der Waals surface area contributed by atoms with E-state index in [0.717, 1.165) is 12.1 Å². The number of nitrogen functional groups attached to an aromatic ring is 1. The minimum atomic E-state index is -3.87. The van der Waals surface area contributed by atoms with Gasteiger partial charge in [0.05, 0.1) is 26.8 Å². The molecule has 2 aromatic heterocycles. The van der Waals surface area contributed by atoms with Crippen LogP contribution in [0.5, 0.6) is 0 Å². The van der Waals surface area contributed by atoms with E-state index in [1.54, 1.807) is 24.3 Å². The fraction of sp³-hybridized carbons (Fsp3) is 0. The van der Waals surface area contributed by atoms with Crippen molar-refractivity contribution in [2.75, 3.05) is 10.5 Å². The van der Waals surface area contributed by atoms with E-state index in [-0.39, 0.29) is 16.4 Å². The largest absolute Gasteiger partial charge is 0.380 e. The predicted octanol–water partition coefficient (Wildman–Crippen LogP) is 3.80. The molecule has 142 valence electrons. The lowest BCUT2D eigenvalue weighted by atomic mass is 10.1. The van der Waals surface area contributed by atoms with Crippen LogP contribution in [-0.4, -0.2) is 23.6 Å². The lowest BCUT2D eigenvalue weighted by Gasteiger charge is -2.10. The highest BCUT2D eigenvalue weighted by molar-refractivity contribution is 7.92. The Morgan fingerprint density at radius 2 is 1.82 bits per heavy atom. The van der Waals surface area contributed by atoms with Crippen LogP contribution in [0.15, 0.2) is 59.5 Å². The second-order valence-electron chi connectivity index (χ2n) is 5.96. The molecule has 4 N–H and O–H groups in total. The number of fused-ring (bicyclic) bond motifs is 1. The third kappa shape index (κ3) is 3.37. The van der Waals surface area contributed by atoms with Crippen molar-refractivity contribution < 1.29 is 12.8 Å². The quantitative estimate of drug-likeness (QED) is 0.467. The number of aromatic nitrogens is 3. The van der Waals surface area contributed by atoms with Crippen LogP contribution in [-0.2, 0) is 10.0 Å². The Labute approximate surface area is 164 Å². The van der Waals surface area contributed by atoms with E-state index in [2.05, 4.69) is 19.9 Å². The highest BCUT2D eigenvalue weighted by Gasteiger charge is 2.16. The van der Waals surface area contributed by atoms with Crippen molar-refractivity contribution in [3.05, 3.63) is 65.4 Å². The van der Waals surface area contributed by atoms with Gasteiger partial charge in [0.25, 0.3) is 10.0 Å². The van der Waals surface area contributed by atoms with Crippen LogP contribution < -0.4 is 10.5 Å². The van der Waals surface area contributed by atoms with Crippen molar-refractivity contribution >= 4 is 44.2 Å². The van der Waals surface area contributed by atoms with Crippen molar-refractivity contribution in [1.82, 2.24) is 15.2 Å². The predicted molar refractivity (Wildman–Crippen MR) is 106 cm³/mol. The summed E-state index contributed by atoms with van der Waals surface area (Å²) in [5, 5.41) is 6.96. The first kappa shape index (κ1) is 18.2. The van der Waals surface area contributed by atoms with Gasteiger partial charge in [0.1, 0.15) is 11.3 Å². The Bertz CT molecular complexity index is 1290. The number of aromatic amines is 1. The molecule has 0 aliphatic rings. The summed E-state index contributed by atoms with van der Waals surface area (Å²) in [6.45, 7) is 0. The molecule has 0 aliphatic heterocycles. The smallest absolute Gasteiger partial charge is 0.261 e. The molecule has 2 heterocycles. The fourth-order valence-electron chi connectivity index (χ4n) is 2.68. The molecule has 10 heteroatoms. The summed E-state index contributed by atoms with van der Waals surface area (Å²) in [7, 11) is -3.87. The van der Waals surface area contributed by atoms with Crippen LogP contribution in [0.25, 0.3) is 22.3 Å². The van der Waals surface area contributed by atoms with Gasteiger partial charge in [-0.1, -0.05) is 11.6 Å². The second-order valence-corrected chi connectivity index (χ2v) is 8.05. The Morgan fingerprint density at radius 3 is 2.54 bits per heavy atom. The summed E-state index contributed by atoms with van der Waals surface area (Å²) in [6.07, 6.45) is 0. The second kappa shape index (κ2) is 6.77. The summed E-state index contributed by atoms with van der Waals surface area (Å²) >= 11 is 6.35. The number of nitrogens with zero attached hydrogens (tertiary/aromatic N) is 2. The average Bonchev–Trinajstić information content (AvgIpc) is 3.02. The van der Waals surface area contributed by atoms with Crippen LogP contribution in [0, 0.1) is 5.82 Å². The highest BCUT2D eigenvalue weighted by atomic mass is 35.5. The number of hydrogen-bond donors (Lipinski definition) is 3. The molecule has 0 bridgehead atoms. The zero-order valence-electron chi connectivity index (χ0n) is 14.1. The lowest BCUT2D eigenvalue weighted by molar-refractivity contribution is 0.599. The van der Waals surface area contributed by atoms with E-state index in [4.69, 9.17) is 17.3 Å². The van der Waals surface area contributed by atoms with Crippen molar-refractivity contribution in [3.63, 3.8) is 0 Å². The van der Waals surface area contributed by atoms with Gasteiger partial charge in [0, 0.05) is 5.56 Å². The minimum absolute atomic E-state index is 0.0587. The van der Waals surface area contributed by atoms with Crippen molar-refractivity contribution in [2.24, 2.45) is 0 Å². The molecule has 0 unspecified atom stereocenters. The van der Waals surface area contributed by atoms with E-state index < -0.39 is 15.8 Å². The number of hydrogen-bond acceptors (Lipinski definition) is 5. The molecule has 28 heavy (non-hydrogen) atoms. The van der Waals surface area contributed by atoms with Gasteiger partial charge in [-0.2, -0.15) is 5.10 Å². The third-order valence-corrected chi connectivity index (χ3v) is 5.77. The SMILES string of the molecule is Nc1n[nH]c2ccc(-c3ccc(NS(=O)(=O)c4ccc(F)cc4)cc3Cl)nc12. The number of rotatable bonds is 4. The molecule has 0 saturated carbocycles. The topological polar surface area (TPSA) is 114 Å². The number of H-pyrrole nitrogens is 1. The number of anilines is 2. The van der Waals surface area contributed by atoms with Gasteiger partial charge in [0.15, 0.2) is 5.82 Å². The van der Waals surface area contributed by atoms with E-state index in [1.807, 2.05) is 0 Å². The maximum Gasteiger partial charge on any atom is 0.261 e. The molecule has 0 spiro atoms. The van der Waals surface area contributed by atoms with Crippen LogP contribution in [0.4, 0.5) is 15.9 Å². The van der Waals surface area contributed by atoms with Crippen LogP contribution in [0.1, 0.15) is 0 Å². The Balaban J connectivity index is 1.65. The van der Waals surface area contributed by atoms with Crippen LogP contribution in [0.2, 0.25) is 5.02 Å². The van der Waals surface area contributed by atoms with Gasteiger partial charge in [-0.15, -0.1) is 0 Å². The molecule has 4 rings (SSSR count).